The molecular weight excluding hydrogens is 264 g/mol. The van der Waals surface area contributed by atoms with Crippen LogP contribution in [-0.2, 0) is 14.9 Å². The predicted octanol–water partition coefficient (Wildman–Crippen LogP) is 1.75. The molecule has 0 amide bonds. The molecule has 5 nitrogen and oxygen atoms in total. The second-order valence-electron chi connectivity index (χ2n) is 4.88. The molecule has 0 unspecified atom stereocenters. The van der Waals surface area contributed by atoms with Crippen LogP contribution in [0.1, 0.15) is 24.5 Å². The number of nitrogens with one attached hydrogen (secondary N) is 1. The topological polar surface area (TPSA) is 67.8 Å². The first-order chi connectivity index (χ1) is 8.88. The van der Waals surface area contributed by atoms with E-state index in [1.165, 1.54) is 0 Å². The fourth-order valence-electron chi connectivity index (χ4n) is 1.96. The fourth-order valence-corrected chi connectivity index (χ4v) is 3.35. The average molecular weight is 282 g/mol. The molecule has 2 rings (SSSR count). The summed E-state index contributed by atoms with van der Waals surface area (Å²) in [4.78, 5) is 5.43. The van der Waals surface area contributed by atoms with E-state index in [2.05, 4.69) is 9.88 Å². The standard InChI is InChI=1S/C13H18N2O3S/c1-9-4-5-10(2)13(6-9)19(16,17)14-8-12-7-11(3)15-18-12/h4-6,12,14H,7-8H2,1-3H3/t12-/m0/s1. The van der Waals surface area contributed by atoms with Crippen molar-refractivity contribution in [2.45, 2.75) is 38.2 Å². The summed E-state index contributed by atoms with van der Waals surface area (Å²) >= 11 is 0. The molecular formula is C13H18N2O3S. The highest BCUT2D eigenvalue weighted by Crippen LogP contribution is 2.17. The monoisotopic (exact) mass is 282 g/mol. The average Bonchev–Trinajstić information content (AvgIpc) is 2.76. The number of hydrogen-bond donors (Lipinski definition) is 1. The van der Waals surface area contributed by atoms with Crippen molar-refractivity contribution in [2.24, 2.45) is 5.16 Å². The van der Waals surface area contributed by atoms with Gasteiger partial charge in [0.1, 0.15) is 6.10 Å². The second kappa shape index (κ2) is 5.30. The van der Waals surface area contributed by atoms with E-state index in [0.29, 0.717) is 11.3 Å². The summed E-state index contributed by atoms with van der Waals surface area (Å²) in [6.45, 7) is 5.75. The van der Waals surface area contributed by atoms with Gasteiger partial charge in [0.2, 0.25) is 10.0 Å². The molecule has 0 saturated heterocycles. The molecule has 1 N–H and O–H groups in total. The molecule has 1 aliphatic heterocycles. The number of benzene rings is 1. The highest BCUT2D eigenvalue weighted by molar-refractivity contribution is 7.89. The van der Waals surface area contributed by atoms with E-state index >= 15 is 0 Å². The van der Waals surface area contributed by atoms with Gasteiger partial charge in [0.05, 0.1) is 17.2 Å². The Balaban J connectivity index is 2.08. The Morgan fingerprint density at radius 2 is 2.11 bits per heavy atom. The molecule has 0 aromatic heterocycles. The minimum absolute atomic E-state index is 0.208. The third-order valence-electron chi connectivity index (χ3n) is 3.01. The minimum atomic E-state index is -3.50. The first-order valence-corrected chi connectivity index (χ1v) is 7.63. The van der Waals surface area contributed by atoms with Gasteiger partial charge in [-0.25, -0.2) is 13.1 Å². The van der Waals surface area contributed by atoms with Gasteiger partial charge >= 0.3 is 0 Å². The molecule has 0 aliphatic carbocycles. The first-order valence-electron chi connectivity index (χ1n) is 6.15. The van der Waals surface area contributed by atoms with E-state index < -0.39 is 10.0 Å². The molecule has 104 valence electrons. The smallest absolute Gasteiger partial charge is 0.240 e. The number of aryl methyl sites for hydroxylation is 2. The van der Waals surface area contributed by atoms with E-state index in [1.807, 2.05) is 26.0 Å². The maximum atomic E-state index is 12.2. The molecule has 1 aliphatic rings. The van der Waals surface area contributed by atoms with Crippen LogP contribution in [0.4, 0.5) is 0 Å². The van der Waals surface area contributed by atoms with E-state index in [0.717, 1.165) is 16.8 Å². The first kappa shape index (κ1) is 14.0. The van der Waals surface area contributed by atoms with Crippen LogP contribution in [0.5, 0.6) is 0 Å². The van der Waals surface area contributed by atoms with Gasteiger partial charge in [0, 0.05) is 6.42 Å². The van der Waals surface area contributed by atoms with Gasteiger partial charge in [-0.1, -0.05) is 17.3 Å². The van der Waals surface area contributed by atoms with Crippen molar-refractivity contribution in [1.82, 2.24) is 4.72 Å². The summed E-state index contributed by atoms with van der Waals surface area (Å²) in [5.41, 5.74) is 2.54. The zero-order valence-corrected chi connectivity index (χ0v) is 12.1. The van der Waals surface area contributed by atoms with Crippen molar-refractivity contribution in [1.29, 1.82) is 0 Å². The second-order valence-corrected chi connectivity index (χ2v) is 6.61. The van der Waals surface area contributed by atoms with Crippen LogP contribution in [0.2, 0.25) is 0 Å². The van der Waals surface area contributed by atoms with Gasteiger partial charge in [0.15, 0.2) is 0 Å². The van der Waals surface area contributed by atoms with Crippen molar-refractivity contribution in [2.75, 3.05) is 6.54 Å². The number of rotatable bonds is 4. The summed E-state index contributed by atoms with van der Waals surface area (Å²) in [5, 5.41) is 3.80. The van der Waals surface area contributed by atoms with Crippen LogP contribution in [0.3, 0.4) is 0 Å². The maximum Gasteiger partial charge on any atom is 0.240 e. The highest BCUT2D eigenvalue weighted by atomic mass is 32.2. The minimum Gasteiger partial charge on any atom is -0.391 e. The lowest BCUT2D eigenvalue weighted by Gasteiger charge is -2.12. The predicted molar refractivity (Wildman–Crippen MR) is 73.7 cm³/mol. The fraction of sp³-hybridized carbons (Fsp3) is 0.462. The van der Waals surface area contributed by atoms with Crippen molar-refractivity contribution in [3.8, 4) is 0 Å². The van der Waals surface area contributed by atoms with Crippen LogP contribution < -0.4 is 4.72 Å². The quantitative estimate of drug-likeness (QED) is 0.914. The van der Waals surface area contributed by atoms with Crippen LogP contribution in [0.25, 0.3) is 0 Å². The van der Waals surface area contributed by atoms with Crippen molar-refractivity contribution in [3.63, 3.8) is 0 Å². The van der Waals surface area contributed by atoms with E-state index in [4.69, 9.17) is 4.84 Å². The summed E-state index contributed by atoms with van der Waals surface area (Å²) in [7, 11) is -3.50. The molecule has 1 heterocycles. The lowest BCUT2D eigenvalue weighted by Crippen LogP contribution is -2.32. The normalized spacial score (nSPS) is 19.1. The van der Waals surface area contributed by atoms with Gasteiger partial charge in [-0.2, -0.15) is 0 Å². The van der Waals surface area contributed by atoms with Crippen LogP contribution in [0.15, 0.2) is 28.3 Å². The third-order valence-corrected chi connectivity index (χ3v) is 4.58. The molecule has 1 aromatic rings. The lowest BCUT2D eigenvalue weighted by molar-refractivity contribution is 0.0891. The zero-order chi connectivity index (χ0) is 14.0. The number of nitrogens with zero attached hydrogens (tertiary/aromatic N) is 1. The third kappa shape index (κ3) is 3.33. The number of hydrogen-bond acceptors (Lipinski definition) is 4. The van der Waals surface area contributed by atoms with Gasteiger partial charge in [-0.3, -0.25) is 0 Å². The molecule has 0 bridgehead atoms. The Morgan fingerprint density at radius 1 is 1.37 bits per heavy atom. The molecule has 0 spiro atoms. The molecule has 0 saturated carbocycles. The summed E-state index contributed by atoms with van der Waals surface area (Å²) in [6.07, 6.45) is 0.454. The number of oxime groups is 1. The van der Waals surface area contributed by atoms with E-state index in [9.17, 15) is 8.42 Å². The van der Waals surface area contributed by atoms with Crippen LogP contribution in [0, 0.1) is 13.8 Å². The van der Waals surface area contributed by atoms with Crippen LogP contribution >= 0.6 is 0 Å². The molecule has 6 heteroatoms. The summed E-state index contributed by atoms with van der Waals surface area (Å²) < 4.78 is 27.1. The van der Waals surface area contributed by atoms with Gasteiger partial charge < -0.3 is 4.84 Å². The summed E-state index contributed by atoms with van der Waals surface area (Å²) in [5.74, 6) is 0. The largest absolute Gasteiger partial charge is 0.391 e. The lowest BCUT2D eigenvalue weighted by atomic mass is 10.2. The Bertz CT molecular complexity index is 608. The molecule has 19 heavy (non-hydrogen) atoms. The summed E-state index contributed by atoms with van der Waals surface area (Å²) in [6, 6.07) is 5.38. The van der Waals surface area contributed by atoms with Gasteiger partial charge in [0.25, 0.3) is 0 Å². The molecule has 0 fully saturated rings. The zero-order valence-electron chi connectivity index (χ0n) is 11.3. The van der Waals surface area contributed by atoms with Gasteiger partial charge in [-0.15, -0.1) is 0 Å². The van der Waals surface area contributed by atoms with Crippen molar-refractivity contribution < 1.29 is 13.3 Å². The SMILES string of the molecule is CC1=NO[C@H](CNS(=O)(=O)c2cc(C)ccc2C)C1. The molecule has 0 radical (unpaired) electrons. The molecule has 1 atom stereocenters. The highest BCUT2D eigenvalue weighted by Gasteiger charge is 2.22. The Morgan fingerprint density at radius 3 is 2.74 bits per heavy atom. The van der Waals surface area contributed by atoms with Crippen molar-refractivity contribution in [3.05, 3.63) is 29.3 Å². The van der Waals surface area contributed by atoms with Crippen molar-refractivity contribution >= 4 is 15.7 Å². The number of sulfonamides is 1. The Kier molecular flexibility index (Phi) is 3.91. The Hall–Kier alpha value is -1.40. The maximum absolute atomic E-state index is 12.2. The molecule has 1 aromatic carbocycles. The van der Waals surface area contributed by atoms with Crippen LogP contribution in [-0.4, -0.2) is 26.8 Å². The van der Waals surface area contributed by atoms with E-state index in [-0.39, 0.29) is 12.6 Å². The Labute approximate surface area is 113 Å². The van der Waals surface area contributed by atoms with E-state index in [1.54, 1.807) is 13.0 Å². The van der Waals surface area contributed by atoms with Gasteiger partial charge in [-0.05, 0) is 38.0 Å².